The second kappa shape index (κ2) is 2.76. The Balaban J connectivity index is 1.96. The van der Waals surface area contributed by atoms with E-state index in [0.717, 1.165) is 18.8 Å². The van der Waals surface area contributed by atoms with Crippen LogP contribution in [-0.4, -0.2) is 22.9 Å². The van der Waals surface area contributed by atoms with Crippen molar-refractivity contribution in [2.75, 3.05) is 6.61 Å². The van der Waals surface area contributed by atoms with Crippen molar-refractivity contribution in [1.82, 2.24) is 0 Å². The summed E-state index contributed by atoms with van der Waals surface area (Å²) in [5.74, 6) is 1.91. The third-order valence-corrected chi connectivity index (χ3v) is 3.42. The lowest BCUT2D eigenvalue weighted by Gasteiger charge is -2.25. The van der Waals surface area contributed by atoms with Crippen molar-refractivity contribution in [2.24, 2.45) is 17.8 Å². The number of aliphatic hydroxyl groups is 2. The molecule has 0 aromatic rings. The van der Waals surface area contributed by atoms with E-state index >= 15 is 0 Å². The number of hydrogen-bond donors (Lipinski definition) is 2. The molecule has 0 aliphatic heterocycles. The summed E-state index contributed by atoms with van der Waals surface area (Å²) in [4.78, 5) is 0. The van der Waals surface area contributed by atoms with Crippen LogP contribution in [0.3, 0.4) is 0 Å². The molecule has 2 heteroatoms. The maximum absolute atomic E-state index is 9.53. The van der Waals surface area contributed by atoms with E-state index in [1.165, 1.54) is 12.8 Å². The normalized spacial score (nSPS) is 48.5. The average Bonchev–Trinajstić information content (AvgIpc) is 2.46. The van der Waals surface area contributed by atoms with Crippen LogP contribution >= 0.6 is 0 Å². The summed E-state index contributed by atoms with van der Waals surface area (Å²) in [7, 11) is 0. The van der Waals surface area contributed by atoms with Gasteiger partial charge < -0.3 is 10.2 Å². The molecule has 0 radical (unpaired) electrons. The first-order chi connectivity index (χ1) is 5.31. The minimum absolute atomic E-state index is 0.0506. The van der Waals surface area contributed by atoms with Gasteiger partial charge in [-0.2, -0.15) is 0 Å². The first-order valence-corrected chi connectivity index (χ1v) is 4.60. The summed E-state index contributed by atoms with van der Waals surface area (Å²) in [6.07, 6.45) is 4.34. The summed E-state index contributed by atoms with van der Waals surface area (Å²) >= 11 is 0. The SMILES string of the molecule is OCC[C@@H]1C[C@H]2C[C@@H]1[C@@H](O)C2. The van der Waals surface area contributed by atoms with Crippen LogP contribution in [0.25, 0.3) is 0 Å². The Labute approximate surface area is 67.2 Å². The van der Waals surface area contributed by atoms with Crippen molar-refractivity contribution in [2.45, 2.75) is 31.8 Å². The predicted octanol–water partition coefficient (Wildman–Crippen LogP) is 0.776. The highest BCUT2D eigenvalue weighted by atomic mass is 16.3. The fraction of sp³-hybridized carbons (Fsp3) is 1.00. The molecule has 2 N–H and O–H groups in total. The van der Waals surface area contributed by atoms with E-state index in [2.05, 4.69) is 0 Å². The molecule has 11 heavy (non-hydrogen) atoms. The second-order valence-corrected chi connectivity index (χ2v) is 4.08. The molecule has 2 rings (SSSR count). The Morgan fingerprint density at radius 1 is 1.18 bits per heavy atom. The standard InChI is InChI=1S/C9H16O2/c10-2-1-7-3-6-4-8(7)9(11)5-6/h6-11H,1-5H2/t6-,7+,8-,9-/m0/s1. The summed E-state index contributed by atoms with van der Waals surface area (Å²) in [5.41, 5.74) is 0. The summed E-state index contributed by atoms with van der Waals surface area (Å²) in [6, 6.07) is 0. The zero-order valence-corrected chi connectivity index (χ0v) is 6.74. The topological polar surface area (TPSA) is 40.5 Å². The van der Waals surface area contributed by atoms with E-state index in [9.17, 15) is 5.11 Å². The van der Waals surface area contributed by atoms with Crippen molar-refractivity contribution >= 4 is 0 Å². The minimum Gasteiger partial charge on any atom is -0.396 e. The molecular weight excluding hydrogens is 140 g/mol. The lowest BCUT2D eigenvalue weighted by atomic mass is 9.85. The maximum Gasteiger partial charge on any atom is 0.0573 e. The van der Waals surface area contributed by atoms with E-state index in [0.29, 0.717) is 18.4 Å². The zero-order valence-electron chi connectivity index (χ0n) is 6.74. The molecule has 2 aliphatic rings. The summed E-state index contributed by atoms with van der Waals surface area (Å²) < 4.78 is 0. The first kappa shape index (κ1) is 7.56. The fourth-order valence-electron chi connectivity index (χ4n) is 2.95. The lowest BCUT2D eigenvalue weighted by molar-refractivity contribution is 0.0709. The number of rotatable bonds is 2. The van der Waals surface area contributed by atoms with E-state index < -0.39 is 0 Å². The molecule has 0 aromatic heterocycles. The van der Waals surface area contributed by atoms with Gasteiger partial charge in [0.15, 0.2) is 0 Å². The van der Waals surface area contributed by atoms with E-state index in [1.54, 1.807) is 0 Å². The van der Waals surface area contributed by atoms with Crippen molar-refractivity contribution in [1.29, 1.82) is 0 Å². The molecule has 2 aliphatic carbocycles. The van der Waals surface area contributed by atoms with Crippen molar-refractivity contribution in [3.63, 3.8) is 0 Å². The van der Waals surface area contributed by atoms with Crippen molar-refractivity contribution < 1.29 is 10.2 Å². The van der Waals surface area contributed by atoms with Gasteiger partial charge in [0.1, 0.15) is 0 Å². The van der Waals surface area contributed by atoms with Gasteiger partial charge >= 0.3 is 0 Å². The van der Waals surface area contributed by atoms with Crippen LogP contribution in [-0.2, 0) is 0 Å². The largest absolute Gasteiger partial charge is 0.396 e. The van der Waals surface area contributed by atoms with Crippen LogP contribution in [0.15, 0.2) is 0 Å². The highest BCUT2D eigenvalue weighted by molar-refractivity contribution is 4.95. The quantitative estimate of drug-likeness (QED) is 0.620. The zero-order chi connectivity index (χ0) is 7.84. The minimum atomic E-state index is -0.0506. The second-order valence-electron chi connectivity index (χ2n) is 4.08. The Morgan fingerprint density at radius 2 is 2.00 bits per heavy atom. The molecule has 0 heterocycles. The molecule has 0 spiro atoms. The molecule has 2 saturated carbocycles. The molecule has 0 aromatic carbocycles. The van der Waals surface area contributed by atoms with Crippen LogP contribution in [0, 0.1) is 17.8 Å². The van der Waals surface area contributed by atoms with Crippen molar-refractivity contribution in [3.05, 3.63) is 0 Å². The monoisotopic (exact) mass is 156 g/mol. The molecule has 0 saturated heterocycles. The number of fused-ring (bicyclic) bond motifs is 2. The van der Waals surface area contributed by atoms with Crippen molar-refractivity contribution in [3.8, 4) is 0 Å². The Kier molecular flexibility index (Phi) is 1.90. The van der Waals surface area contributed by atoms with Gasteiger partial charge in [-0.3, -0.25) is 0 Å². The molecule has 4 atom stereocenters. The van der Waals surface area contributed by atoms with E-state index in [1.807, 2.05) is 0 Å². The Morgan fingerprint density at radius 3 is 2.55 bits per heavy atom. The van der Waals surface area contributed by atoms with Gasteiger partial charge in [-0.1, -0.05) is 0 Å². The highest BCUT2D eigenvalue weighted by Crippen LogP contribution is 2.49. The van der Waals surface area contributed by atoms with Crippen LogP contribution in [0.4, 0.5) is 0 Å². The summed E-state index contributed by atoms with van der Waals surface area (Å²) in [5, 5.41) is 18.3. The third-order valence-electron chi connectivity index (χ3n) is 3.42. The van der Waals surface area contributed by atoms with Gasteiger partial charge in [0.2, 0.25) is 0 Å². The maximum atomic E-state index is 9.53. The van der Waals surface area contributed by atoms with Gasteiger partial charge in [0.25, 0.3) is 0 Å². The van der Waals surface area contributed by atoms with Crippen LogP contribution in [0.2, 0.25) is 0 Å². The molecular formula is C9H16O2. The van der Waals surface area contributed by atoms with Crippen LogP contribution in [0.1, 0.15) is 25.7 Å². The predicted molar refractivity (Wildman–Crippen MR) is 42.0 cm³/mol. The van der Waals surface area contributed by atoms with E-state index in [-0.39, 0.29) is 6.10 Å². The van der Waals surface area contributed by atoms with Crippen LogP contribution < -0.4 is 0 Å². The van der Waals surface area contributed by atoms with Gasteiger partial charge in [-0.15, -0.1) is 0 Å². The smallest absolute Gasteiger partial charge is 0.0573 e. The number of hydrogen-bond acceptors (Lipinski definition) is 2. The number of aliphatic hydroxyl groups excluding tert-OH is 2. The Bertz CT molecular complexity index is 146. The van der Waals surface area contributed by atoms with Crippen LogP contribution in [0.5, 0.6) is 0 Å². The average molecular weight is 156 g/mol. The molecule has 0 amide bonds. The van der Waals surface area contributed by atoms with Gasteiger partial charge in [-0.25, -0.2) is 0 Å². The molecule has 2 nitrogen and oxygen atoms in total. The fourth-order valence-corrected chi connectivity index (χ4v) is 2.95. The highest BCUT2D eigenvalue weighted by Gasteiger charge is 2.44. The van der Waals surface area contributed by atoms with E-state index in [4.69, 9.17) is 5.11 Å². The molecule has 0 unspecified atom stereocenters. The molecule has 64 valence electrons. The van der Waals surface area contributed by atoms with Gasteiger partial charge in [0.05, 0.1) is 6.10 Å². The van der Waals surface area contributed by atoms with Gasteiger partial charge in [0, 0.05) is 6.61 Å². The molecule has 2 fully saturated rings. The molecule has 2 bridgehead atoms. The third kappa shape index (κ3) is 1.18. The summed E-state index contributed by atoms with van der Waals surface area (Å²) in [6.45, 7) is 0.292. The lowest BCUT2D eigenvalue weighted by Crippen LogP contribution is -2.24. The Hall–Kier alpha value is -0.0800. The first-order valence-electron chi connectivity index (χ1n) is 4.60. The van der Waals surface area contributed by atoms with Gasteiger partial charge in [-0.05, 0) is 43.4 Å².